The van der Waals surface area contributed by atoms with Gasteiger partial charge in [-0.3, -0.25) is 4.79 Å². The van der Waals surface area contributed by atoms with Crippen LogP contribution < -0.4 is 5.32 Å². The maximum Gasteiger partial charge on any atom is 0.220 e. The first-order valence-corrected chi connectivity index (χ1v) is 10.1. The maximum absolute atomic E-state index is 14.3. The first-order valence-electron chi connectivity index (χ1n) is 9.64. The lowest BCUT2D eigenvalue weighted by Crippen LogP contribution is -2.35. The highest BCUT2D eigenvalue weighted by atomic mass is 32.1. The van der Waals surface area contributed by atoms with Crippen molar-refractivity contribution in [3.05, 3.63) is 51.3 Å². The van der Waals surface area contributed by atoms with Gasteiger partial charge in [-0.1, -0.05) is 0 Å². The number of rotatable bonds is 5. The molecule has 0 bridgehead atoms. The van der Waals surface area contributed by atoms with Gasteiger partial charge in [0.1, 0.15) is 5.82 Å². The number of hydrogen-bond acceptors (Lipinski definition) is 3. The van der Waals surface area contributed by atoms with Gasteiger partial charge in [-0.25, -0.2) is 13.2 Å². The number of ether oxygens (including phenoxy) is 1. The molecular weight excluding hydrogens is 403 g/mol. The summed E-state index contributed by atoms with van der Waals surface area (Å²) in [5, 5.41) is 2.95. The van der Waals surface area contributed by atoms with Gasteiger partial charge in [-0.2, -0.15) is 0 Å². The normalized spacial score (nSPS) is 20.8. The molecule has 1 N–H and O–H groups in total. The second kappa shape index (κ2) is 7.95. The van der Waals surface area contributed by atoms with Crippen LogP contribution in [0.15, 0.2) is 12.1 Å². The summed E-state index contributed by atoms with van der Waals surface area (Å²) >= 11 is 5.48. The minimum absolute atomic E-state index is 0.0498. The van der Waals surface area contributed by atoms with E-state index in [0.29, 0.717) is 30.8 Å². The van der Waals surface area contributed by atoms with Gasteiger partial charge < -0.3 is 19.2 Å². The molecule has 1 saturated heterocycles. The number of amides is 1. The van der Waals surface area contributed by atoms with Crippen molar-refractivity contribution in [3.8, 4) is 0 Å². The number of aromatic nitrogens is 2. The number of benzene rings is 1. The fourth-order valence-corrected chi connectivity index (χ4v) is 4.59. The van der Waals surface area contributed by atoms with E-state index in [4.69, 9.17) is 17.0 Å². The molecule has 9 heteroatoms. The molecule has 0 unspecified atom stereocenters. The molecule has 0 saturated carbocycles. The van der Waals surface area contributed by atoms with Crippen LogP contribution in [0.5, 0.6) is 0 Å². The Morgan fingerprint density at radius 3 is 2.79 bits per heavy atom. The molecule has 1 aromatic heterocycles. The fourth-order valence-electron chi connectivity index (χ4n) is 4.30. The van der Waals surface area contributed by atoms with Gasteiger partial charge in [0.2, 0.25) is 5.91 Å². The molecule has 0 spiro atoms. The van der Waals surface area contributed by atoms with E-state index in [1.54, 1.807) is 0 Å². The van der Waals surface area contributed by atoms with Gasteiger partial charge in [0.25, 0.3) is 0 Å². The van der Waals surface area contributed by atoms with Gasteiger partial charge in [-0.05, 0) is 43.6 Å². The van der Waals surface area contributed by atoms with Crippen molar-refractivity contribution in [2.45, 2.75) is 44.2 Å². The molecule has 1 aromatic carbocycles. The summed E-state index contributed by atoms with van der Waals surface area (Å²) in [6.07, 6.45) is 1.89. The van der Waals surface area contributed by atoms with Gasteiger partial charge in [0, 0.05) is 49.5 Å². The molecule has 1 amide bonds. The van der Waals surface area contributed by atoms with E-state index in [1.807, 2.05) is 16.2 Å². The second-order valence-corrected chi connectivity index (χ2v) is 8.00. The average molecular weight is 425 g/mol. The first-order chi connectivity index (χ1) is 13.9. The van der Waals surface area contributed by atoms with E-state index in [1.165, 1.54) is 0 Å². The summed E-state index contributed by atoms with van der Waals surface area (Å²) in [7, 11) is 1.82. The summed E-state index contributed by atoms with van der Waals surface area (Å²) in [4.78, 5) is 12.3. The van der Waals surface area contributed by atoms with Crippen LogP contribution in [0, 0.1) is 22.2 Å². The largest absolute Gasteiger partial charge is 0.379 e. The van der Waals surface area contributed by atoms with E-state index in [-0.39, 0.29) is 30.5 Å². The zero-order valence-corrected chi connectivity index (χ0v) is 16.8. The van der Waals surface area contributed by atoms with Crippen LogP contribution >= 0.6 is 12.2 Å². The first kappa shape index (κ1) is 20.2. The van der Waals surface area contributed by atoms with E-state index >= 15 is 0 Å². The molecule has 0 aliphatic carbocycles. The minimum Gasteiger partial charge on any atom is -0.379 e. The topological polar surface area (TPSA) is 48.2 Å². The molecule has 1 fully saturated rings. The molecule has 2 aliphatic rings. The highest BCUT2D eigenvalue weighted by Gasteiger charge is 2.32. The fraction of sp³-hybridized carbons (Fsp3) is 0.500. The summed E-state index contributed by atoms with van der Waals surface area (Å²) in [5.74, 6) is -3.56. The summed E-state index contributed by atoms with van der Waals surface area (Å²) < 4.78 is 51.6. The number of fused-ring (bicyclic) bond motifs is 1. The van der Waals surface area contributed by atoms with Gasteiger partial charge in [0.15, 0.2) is 16.4 Å². The Bertz CT molecular complexity index is 1010. The molecule has 3 heterocycles. The molecule has 2 atom stereocenters. The van der Waals surface area contributed by atoms with Crippen LogP contribution in [-0.2, 0) is 36.0 Å². The van der Waals surface area contributed by atoms with Crippen molar-refractivity contribution < 1.29 is 22.7 Å². The van der Waals surface area contributed by atoms with Crippen LogP contribution in [0.4, 0.5) is 13.2 Å². The van der Waals surface area contributed by atoms with E-state index in [2.05, 4.69) is 5.32 Å². The zero-order valence-electron chi connectivity index (χ0n) is 16.0. The van der Waals surface area contributed by atoms with E-state index in [0.717, 1.165) is 29.9 Å². The molecule has 2 aromatic rings. The third-order valence-electron chi connectivity index (χ3n) is 5.80. The van der Waals surface area contributed by atoms with Crippen LogP contribution in [0.2, 0.25) is 0 Å². The molecule has 156 valence electrons. The van der Waals surface area contributed by atoms with Crippen molar-refractivity contribution in [1.29, 1.82) is 0 Å². The predicted molar refractivity (Wildman–Crippen MR) is 103 cm³/mol. The highest BCUT2D eigenvalue weighted by molar-refractivity contribution is 7.71. The Morgan fingerprint density at radius 2 is 2.07 bits per heavy atom. The van der Waals surface area contributed by atoms with Crippen molar-refractivity contribution in [2.24, 2.45) is 7.05 Å². The lowest BCUT2D eigenvalue weighted by molar-refractivity contribution is -0.121. The molecule has 0 radical (unpaired) electrons. The van der Waals surface area contributed by atoms with E-state index in [9.17, 15) is 18.0 Å². The number of hydrogen-bond donors (Lipinski definition) is 1. The maximum atomic E-state index is 14.3. The zero-order chi connectivity index (χ0) is 20.7. The molecule has 5 nitrogen and oxygen atoms in total. The highest BCUT2D eigenvalue weighted by Crippen LogP contribution is 2.36. The van der Waals surface area contributed by atoms with Crippen LogP contribution in [0.3, 0.4) is 0 Å². The lowest BCUT2D eigenvalue weighted by atomic mass is 9.94. The van der Waals surface area contributed by atoms with Crippen molar-refractivity contribution in [2.75, 3.05) is 13.2 Å². The number of imidazole rings is 1. The van der Waals surface area contributed by atoms with E-state index < -0.39 is 23.4 Å². The third kappa shape index (κ3) is 3.73. The molecular formula is C20H22F3N3O2S. The number of halogens is 3. The lowest BCUT2D eigenvalue weighted by Gasteiger charge is -2.14. The SMILES string of the molecule is Cn1c(CCC(=O)N[C@@H]2CCOC2)c2n(c1=S)C[C@@H](c1c(F)ccc(F)c1F)C2. The van der Waals surface area contributed by atoms with Gasteiger partial charge >= 0.3 is 0 Å². The Balaban J connectivity index is 1.52. The number of nitrogens with one attached hydrogen (secondary N) is 1. The Morgan fingerprint density at radius 1 is 1.31 bits per heavy atom. The Kier molecular flexibility index (Phi) is 5.52. The summed E-state index contributed by atoms with van der Waals surface area (Å²) in [5.41, 5.74) is 1.48. The predicted octanol–water partition coefficient (Wildman–Crippen LogP) is 3.15. The van der Waals surface area contributed by atoms with Crippen LogP contribution in [0.25, 0.3) is 0 Å². The Labute approximate surface area is 171 Å². The number of carbonyl (C=O) groups excluding carboxylic acids is 1. The Hall–Kier alpha value is -2.13. The van der Waals surface area contributed by atoms with Gasteiger partial charge in [-0.15, -0.1) is 0 Å². The van der Waals surface area contributed by atoms with Crippen LogP contribution in [0.1, 0.15) is 35.7 Å². The number of carbonyl (C=O) groups is 1. The summed E-state index contributed by atoms with van der Waals surface area (Å²) in [6, 6.07) is 1.80. The third-order valence-corrected chi connectivity index (χ3v) is 6.29. The average Bonchev–Trinajstić information content (AvgIpc) is 3.38. The van der Waals surface area contributed by atoms with Crippen molar-refractivity contribution in [3.63, 3.8) is 0 Å². The monoisotopic (exact) mass is 425 g/mol. The van der Waals surface area contributed by atoms with Gasteiger partial charge in [0.05, 0.1) is 12.6 Å². The second-order valence-electron chi connectivity index (χ2n) is 7.63. The minimum atomic E-state index is -1.14. The van der Waals surface area contributed by atoms with Crippen molar-refractivity contribution in [1.82, 2.24) is 14.5 Å². The number of nitrogens with zero attached hydrogens (tertiary/aromatic N) is 2. The standard InChI is InChI=1S/C20H22F3N3O2S/c1-25-15(4-5-17(27)24-12-6-7-28-10-12)16-8-11(9-26(16)20(25)29)18-13(21)2-3-14(22)19(18)23/h2-3,11-12H,4-10H2,1H3,(H,24,27)/t11-,12+/m0/s1. The van der Waals surface area contributed by atoms with Crippen molar-refractivity contribution >= 4 is 18.1 Å². The molecule has 4 rings (SSSR count). The molecule has 2 aliphatic heterocycles. The quantitative estimate of drug-likeness (QED) is 0.592. The smallest absolute Gasteiger partial charge is 0.220 e. The summed E-state index contributed by atoms with van der Waals surface area (Å²) in [6.45, 7) is 1.47. The molecule has 29 heavy (non-hydrogen) atoms. The van der Waals surface area contributed by atoms with Crippen LogP contribution in [-0.4, -0.2) is 34.3 Å².